The molecule has 4 unspecified atom stereocenters. The molecule has 2 aliphatic carbocycles. The zero-order valence-electron chi connectivity index (χ0n) is 36.7. The molecule has 0 amide bonds. The van der Waals surface area contributed by atoms with Crippen LogP contribution in [0.1, 0.15) is 226 Å². The van der Waals surface area contributed by atoms with Gasteiger partial charge in [0.25, 0.3) is 0 Å². The molecule has 1 spiro atoms. The fourth-order valence-electron chi connectivity index (χ4n) is 10.3. The Kier molecular flexibility index (Phi) is 26.2. The quantitative estimate of drug-likeness (QED) is 0.0531. The van der Waals surface area contributed by atoms with E-state index in [9.17, 15) is 0 Å². The smallest absolute Gasteiger partial charge is 0.0690 e. The third kappa shape index (κ3) is 19.3. The Hall–Kier alpha value is -1.16. The van der Waals surface area contributed by atoms with Crippen LogP contribution in [0.4, 0.5) is 0 Å². The van der Waals surface area contributed by atoms with Gasteiger partial charge >= 0.3 is 0 Å². The Morgan fingerprint density at radius 2 is 0.889 bits per heavy atom. The van der Waals surface area contributed by atoms with Gasteiger partial charge in [-0.05, 0) is 147 Å². The SMILES string of the molecule is CCCCCC=CCC=CCCCCCCCCC1(CCCCCCCCC=CCC=CCCCCC)CCC2(CC1)CC1CC(NC)C(NC)CC1O2. The molecule has 3 nitrogen and oxygen atoms in total. The molecule has 1 saturated heterocycles. The Morgan fingerprint density at radius 3 is 1.33 bits per heavy atom. The molecule has 3 fully saturated rings. The minimum absolute atomic E-state index is 0.179. The number of hydrogen-bond acceptors (Lipinski definition) is 3. The van der Waals surface area contributed by atoms with Crippen molar-refractivity contribution in [2.45, 2.75) is 250 Å². The molecule has 3 aliphatic rings. The fourth-order valence-corrected chi connectivity index (χ4v) is 10.3. The molecule has 54 heavy (non-hydrogen) atoms. The first-order chi connectivity index (χ1) is 26.6. The highest BCUT2D eigenvalue weighted by atomic mass is 16.5. The molecule has 0 aromatic rings. The summed E-state index contributed by atoms with van der Waals surface area (Å²) in [4.78, 5) is 0. The van der Waals surface area contributed by atoms with Gasteiger partial charge in [-0.3, -0.25) is 0 Å². The summed E-state index contributed by atoms with van der Waals surface area (Å²) in [6, 6.07) is 1.13. The van der Waals surface area contributed by atoms with E-state index in [1.165, 1.54) is 199 Å². The lowest BCUT2D eigenvalue weighted by molar-refractivity contribution is -0.0977. The molecule has 1 aliphatic heterocycles. The van der Waals surface area contributed by atoms with E-state index in [-0.39, 0.29) is 5.60 Å². The van der Waals surface area contributed by atoms with E-state index in [2.05, 4.69) is 87.2 Å². The molecule has 2 N–H and O–H groups in total. The summed E-state index contributed by atoms with van der Waals surface area (Å²) >= 11 is 0. The van der Waals surface area contributed by atoms with Crippen molar-refractivity contribution in [3.05, 3.63) is 48.6 Å². The normalized spacial score (nSPS) is 27.5. The van der Waals surface area contributed by atoms with E-state index in [0.717, 1.165) is 18.8 Å². The Labute approximate surface area is 337 Å². The molecule has 2 saturated carbocycles. The molecule has 4 atom stereocenters. The van der Waals surface area contributed by atoms with Crippen LogP contribution < -0.4 is 10.6 Å². The molecule has 3 rings (SSSR count). The van der Waals surface area contributed by atoms with Crippen molar-refractivity contribution in [3.8, 4) is 0 Å². The van der Waals surface area contributed by atoms with Crippen LogP contribution in [-0.4, -0.2) is 37.9 Å². The molecule has 3 heteroatoms. The minimum atomic E-state index is 0.179. The molecule has 0 aromatic heterocycles. The lowest BCUT2D eigenvalue weighted by atomic mass is 9.63. The van der Waals surface area contributed by atoms with E-state index in [1.807, 2.05) is 0 Å². The predicted octanol–water partition coefficient (Wildman–Crippen LogP) is 15.1. The number of nitrogens with one attached hydrogen (secondary N) is 2. The number of fused-ring (bicyclic) bond motifs is 1. The van der Waals surface area contributed by atoms with Gasteiger partial charge in [-0.2, -0.15) is 0 Å². The second kappa shape index (κ2) is 30.0. The van der Waals surface area contributed by atoms with Crippen molar-refractivity contribution in [3.63, 3.8) is 0 Å². The summed E-state index contributed by atoms with van der Waals surface area (Å²) in [5, 5.41) is 7.22. The van der Waals surface area contributed by atoms with Gasteiger partial charge < -0.3 is 15.4 Å². The first-order valence-corrected chi connectivity index (χ1v) is 24.2. The third-order valence-electron chi connectivity index (χ3n) is 13.9. The number of allylic oxidation sites excluding steroid dienone is 8. The number of ether oxygens (including phenoxy) is 1. The summed E-state index contributed by atoms with van der Waals surface area (Å²) in [6.07, 6.45) is 64.0. The summed E-state index contributed by atoms with van der Waals surface area (Å²) in [6.45, 7) is 4.56. The third-order valence-corrected chi connectivity index (χ3v) is 13.9. The maximum Gasteiger partial charge on any atom is 0.0690 e. The van der Waals surface area contributed by atoms with Gasteiger partial charge in [0.15, 0.2) is 0 Å². The van der Waals surface area contributed by atoms with E-state index >= 15 is 0 Å². The lowest BCUT2D eigenvalue weighted by Gasteiger charge is -2.45. The van der Waals surface area contributed by atoms with Crippen LogP contribution in [-0.2, 0) is 4.74 Å². The van der Waals surface area contributed by atoms with Crippen molar-refractivity contribution in [2.24, 2.45) is 11.3 Å². The maximum atomic E-state index is 7.10. The molecule has 0 aromatic carbocycles. The lowest BCUT2D eigenvalue weighted by Crippen LogP contribution is -2.52. The Bertz CT molecular complexity index is 931. The second-order valence-corrected chi connectivity index (χ2v) is 18.2. The van der Waals surface area contributed by atoms with Gasteiger partial charge in [0.05, 0.1) is 11.7 Å². The first kappa shape index (κ1) is 47.2. The van der Waals surface area contributed by atoms with Crippen molar-refractivity contribution >= 4 is 0 Å². The van der Waals surface area contributed by atoms with Crippen molar-refractivity contribution in [2.75, 3.05) is 14.1 Å². The highest BCUT2D eigenvalue weighted by molar-refractivity contribution is 5.05. The van der Waals surface area contributed by atoms with Crippen LogP contribution in [0.3, 0.4) is 0 Å². The molecular weight excluding hydrogens is 657 g/mol. The van der Waals surface area contributed by atoms with E-state index in [0.29, 0.717) is 23.6 Å². The highest BCUT2D eigenvalue weighted by Crippen LogP contribution is 2.55. The number of likely N-dealkylation sites (N-methyl/N-ethyl adjacent to an activating group) is 2. The summed E-state index contributed by atoms with van der Waals surface area (Å²) < 4.78 is 7.10. The standard InChI is InChI=1S/C51H92N2O/c1-5-7-9-11-13-15-17-19-21-23-25-27-29-31-33-35-37-50(38-36-34-32-30-28-26-24-22-20-18-16-14-12-10-8-6-2)39-41-51(42-40-50)45-46-43-47(52-3)48(53-4)44-49(46)54-51/h13-16,19-22,46-49,52-53H,5-12,17-18,23-45H2,1-4H3. The number of rotatable bonds is 32. The topological polar surface area (TPSA) is 33.3 Å². The van der Waals surface area contributed by atoms with E-state index in [1.54, 1.807) is 0 Å². The molecule has 0 radical (unpaired) electrons. The van der Waals surface area contributed by atoms with E-state index < -0.39 is 0 Å². The molecule has 312 valence electrons. The molecule has 1 heterocycles. The van der Waals surface area contributed by atoms with Gasteiger partial charge in [-0.15, -0.1) is 0 Å². The first-order valence-electron chi connectivity index (χ1n) is 24.2. The van der Waals surface area contributed by atoms with Crippen LogP contribution in [0.2, 0.25) is 0 Å². The molecule has 0 bridgehead atoms. The van der Waals surface area contributed by atoms with Crippen molar-refractivity contribution < 1.29 is 4.74 Å². The van der Waals surface area contributed by atoms with E-state index in [4.69, 9.17) is 4.74 Å². The highest BCUT2D eigenvalue weighted by Gasteiger charge is 2.53. The Morgan fingerprint density at radius 1 is 0.481 bits per heavy atom. The second-order valence-electron chi connectivity index (χ2n) is 18.2. The van der Waals surface area contributed by atoms with Crippen molar-refractivity contribution in [1.82, 2.24) is 10.6 Å². The number of unbranched alkanes of at least 4 members (excludes halogenated alkanes) is 18. The van der Waals surface area contributed by atoms with Gasteiger partial charge in [-0.1, -0.05) is 152 Å². The van der Waals surface area contributed by atoms with Crippen molar-refractivity contribution in [1.29, 1.82) is 0 Å². The predicted molar refractivity (Wildman–Crippen MR) is 239 cm³/mol. The summed E-state index contributed by atoms with van der Waals surface area (Å²) in [5.41, 5.74) is 0.756. The number of hydrogen-bond donors (Lipinski definition) is 2. The van der Waals surface area contributed by atoms with Crippen LogP contribution in [0.5, 0.6) is 0 Å². The van der Waals surface area contributed by atoms with Crippen LogP contribution in [0.25, 0.3) is 0 Å². The maximum absolute atomic E-state index is 7.10. The summed E-state index contributed by atoms with van der Waals surface area (Å²) in [7, 11) is 4.29. The van der Waals surface area contributed by atoms with Gasteiger partial charge in [0.2, 0.25) is 0 Å². The largest absolute Gasteiger partial charge is 0.371 e. The zero-order chi connectivity index (χ0) is 38.4. The van der Waals surface area contributed by atoms with Gasteiger partial charge in [0.1, 0.15) is 0 Å². The van der Waals surface area contributed by atoms with Gasteiger partial charge in [0, 0.05) is 12.1 Å². The minimum Gasteiger partial charge on any atom is -0.371 e. The monoisotopic (exact) mass is 749 g/mol. The molecular formula is C51H92N2O. The van der Waals surface area contributed by atoms with Crippen LogP contribution >= 0.6 is 0 Å². The Balaban J connectivity index is 1.33. The average molecular weight is 749 g/mol. The average Bonchev–Trinajstić information content (AvgIpc) is 3.54. The fraction of sp³-hybridized carbons (Fsp3) is 0.843. The van der Waals surface area contributed by atoms with Gasteiger partial charge in [-0.25, -0.2) is 0 Å². The van der Waals surface area contributed by atoms with Crippen LogP contribution in [0, 0.1) is 11.3 Å². The zero-order valence-corrected chi connectivity index (χ0v) is 36.7. The van der Waals surface area contributed by atoms with Crippen LogP contribution in [0.15, 0.2) is 48.6 Å². The summed E-state index contributed by atoms with van der Waals surface area (Å²) in [5.74, 6) is 0.750.